The first-order valence-corrected chi connectivity index (χ1v) is 10.7. The Morgan fingerprint density at radius 2 is 1.57 bits per heavy atom. The molecular formula is C24H30F4. The third kappa shape index (κ3) is 5.27. The van der Waals surface area contributed by atoms with Gasteiger partial charge in [-0.3, -0.25) is 0 Å². The maximum Gasteiger partial charge on any atom is 0.419 e. The molecule has 3 rings (SSSR count). The molecule has 0 spiro atoms. The van der Waals surface area contributed by atoms with Crippen LogP contribution in [0.15, 0.2) is 30.3 Å². The van der Waals surface area contributed by atoms with Crippen molar-refractivity contribution in [2.45, 2.75) is 77.3 Å². The quantitative estimate of drug-likeness (QED) is 0.327. The van der Waals surface area contributed by atoms with Crippen molar-refractivity contribution >= 4 is 10.8 Å². The van der Waals surface area contributed by atoms with Gasteiger partial charge in [0.15, 0.2) is 0 Å². The first kappa shape index (κ1) is 21.1. The second-order valence-corrected chi connectivity index (χ2v) is 8.40. The lowest BCUT2D eigenvalue weighted by molar-refractivity contribution is -0.139. The number of rotatable bonds is 7. The summed E-state index contributed by atoms with van der Waals surface area (Å²) >= 11 is 0. The Balaban J connectivity index is 1.56. The summed E-state index contributed by atoms with van der Waals surface area (Å²) < 4.78 is 52.8. The smallest absolute Gasteiger partial charge is 0.206 e. The van der Waals surface area contributed by atoms with Gasteiger partial charge >= 0.3 is 6.18 Å². The maximum atomic E-state index is 14.2. The van der Waals surface area contributed by atoms with Gasteiger partial charge in [-0.1, -0.05) is 82.6 Å². The molecule has 2 aromatic carbocycles. The van der Waals surface area contributed by atoms with Crippen molar-refractivity contribution in [3.8, 4) is 0 Å². The Hall–Kier alpha value is -1.58. The minimum Gasteiger partial charge on any atom is -0.206 e. The van der Waals surface area contributed by atoms with E-state index >= 15 is 0 Å². The van der Waals surface area contributed by atoms with Crippen LogP contribution < -0.4 is 0 Å². The molecule has 1 fully saturated rings. The fourth-order valence-electron chi connectivity index (χ4n) is 4.58. The van der Waals surface area contributed by atoms with Crippen molar-refractivity contribution in [2.75, 3.05) is 0 Å². The van der Waals surface area contributed by atoms with Crippen LogP contribution in [-0.2, 0) is 12.6 Å². The molecule has 154 valence electrons. The highest BCUT2D eigenvalue weighted by Crippen LogP contribution is 2.36. The molecule has 0 unspecified atom stereocenters. The van der Waals surface area contributed by atoms with Gasteiger partial charge in [0, 0.05) is 5.39 Å². The summed E-state index contributed by atoms with van der Waals surface area (Å²) in [5.74, 6) is 0.467. The summed E-state index contributed by atoms with van der Waals surface area (Å²) in [4.78, 5) is 0. The molecule has 4 heteroatoms. The number of halogens is 4. The van der Waals surface area contributed by atoms with Crippen molar-refractivity contribution in [3.05, 3.63) is 47.3 Å². The van der Waals surface area contributed by atoms with Crippen LogP contribution in [0.1, 0.15) is 75.8 Å². The number of unbranched alkanes of at least 4 members (excludes halogenated alkanes) is 2. The largest absolute Gasteiger partial charge is 0.419 e. The third-order valence-corrected chi connectivity index (χ3v) is 6.35. The highest BCUT2D eigenvalue weighted by Gasteiger charge is 2.34. The Kier molecular flexibility index (Phi) is 7.00. The predicted molar refractivity (Wildman–Crippen MR) is 107 cm³/mol. The molecule has 0 aromatic heterocycles. The van der Waals surface area contributed by atoms with E-state index in [0.29, 0.717) is 5.39 Å². The molecule has 1 saturated carbocycles. The number of benzene rings is 2. The molecular weight excluding hydrogens is 364 g/mol. The van der Waals surface area contributed by atoms with Gasteiger partial charge in [0.25, 0.3) is 0 Å². The topological polar surface area (TPSA) is 0 Å². The zero-order valence-corrected chi connectivity index (χ0v) is 16.6. The predicted octanol–water partition coefficient (Wildman–Crippen LogP) is 8.32. The molecule has 0 nitrogen and oxygen atoms in total. The van der Waals surface area contributed by atoms with Gasteiger partial charge in [-0.15, -0.1) is 0 Å². The van der Waals surface area contributed by atoms with Gasteiger partial charge in [-0.05, 0) is 41.7 Å². The second-order valence-electron chi connectivity index (χ2n) is 8.40. The van der Waals surface area contributed by atoms with Gasteiger partial charge in [-0.2, -0.15) is 13.2 Å². The van der Waals surface area contributed by atoms with Gasteiger partial charge in [0.05, 0.1) is 5.56 Å². The zero-order chi connectivity index (χ0) is 20.1. The molecule has 1 aliphatic rings. The molecule has 0 N–H and O–H groups in total. The molecule has 0 heterocycles. The van der Waals surface area contributed by atoms with E-state index in [-0.39, 0.29) is 5.39 Å². The molecule has 0 atom stereocenters. The average molecular weight is 394 g/mol. The standard InChI is InChI=1S/C24H30F4/c1-2-3-4-5-17-6-8-18(9-7-17)10-11-19-12-14-21-20(16-19)13-15-22(23(21)25)24(26,27)28/h12-18H,2-11H2,1H3. The van der Waals surface area contributed by atoms with Crippen LogP contribution in [0.25, 0.3) is 10.8 Å². The van der Waals surface area contributed by atoms with Crippen molar-refractivity contribution in [1.82, 2.24) is 0 Å². The van der Waals surface area contributed by atoms with Crippen LogP contribution in [0.3, 0.4) is 0 Å². The summed E-state index contributed by atoms with van der Waals surface area (Å²) in [5.41, 5.74) is -0.111. The average Bonchev–Trinajstić information content (AvgIpc) is 2.67. The number of fused-ring (bicyclic) bond motifs is 1. The highest BCUT2D eigenvalue weighted by atomic mass is 19.4. The zero-order valence-electron chi connectivity index (χ0n) is 16.6. The first-order chi connectivity index (χ1) is 13.4. The van der Waals surface area contributed by atoms with Gasteiger partial charge in [0.2, 0.25) is 0 Å². The van der Waals surface area contributed by atoms with Crippen molar-refractivity contribution < 1.29 is 17.6 Å². The number of hydrogen-bond donors (Lipinski definition) is 0. The molecule has 1 aliphatic carbocycles. The van der Waals surface area contributed by atoms with E-state index in [1.54, 1.807) is 6.07 Å². The van der Waals surface area contributed by atoms with E-state index in [0.717, 1.165) is 36.3 Å². The van der Waals surface area contributed by atoms with Crippen LogP contribution in [0, 0.1) is 17.7 Å². The normalized spacial score (nSPS) is 20.6. The van der Waals surface area contributed by atoms with Crippen LogP contribution in [0.2, 0.25) is 0 Å². The lowest BCUT2D eigenvalue weighted by Gasteiger charge is -2.28. The number of alkyl halides is 3. The van der Waals surface area contributed by atoms with Crippen molar-refractivity contribution in [3.63, 3.8) is 0 Å². The maximum absolute atomic E-state index is 14.2. The summed E-state index contributed by atoms with van der Waals surface area (Å²) in [6.45, 7) is 2.24. The molecule has 0 aliphatic heterocycles. The van der Waals surface area contributed by atoms with Crippen LogP contribution in [0.5, 0.6) is 0 Å². The molecule has 0 bridgehead atoms. The third-order valence-electron chi connectivity index (χ3n) is 6.35. The summed E-state index contributed by atoms with van der Waals surface area (Å²) in [7, 11) is 0. The summed E-state index contributed by atoms with van der Waals surface area (Å²) in [6.07, 6.45) is 7.94. The summed E-state index contributed by atoms with van der Waals surface area (Å²) in [5, 5.41) is 0.591. The molecule has 28 heavy (non-hydrogen) atoms. The van der Waals surface area contributed by atoms with E-state index in [1.807, 2.05) is 6.07 Å². The molecule has 0 amide bonds. The minimum absolute atomic E-state index is 0.0474. The van der Waals surface area contributed by atoms with E-state index < -0.39 is 17.6 Å². The molecule has 2 aromatic rings. The van der Waals surface area contributed by atoms with E-state index in [4.69, 9.17) is 0 Å². The first-order valence-electron chi connectivity index (χ1n) is 10.7. The van der Waals surface area contributed by atoms with Gasteiger partial charge < -0.3 is 0 Å². The Morgan fingerprint density at radius 3 is 2.21 bits per heavy atom. The van der Waals surface area contributed by atoms with Crippen LogP contribution in [0.4, 0.5) is 17.6 Å². The molecule has 0 saturated heterocycles. The fraction of sp³-hybridized carbons (Fsp3) is 0.583. The van der Waals surface area contributed by atoms with Gasteiger partial charge in [0.1, 0.15) is 5.82 Å². The van der Waals surface area contributed by atoms with E-state index in [9.17, 15) is 17.6 Å². The van der Waals surface area contributed by atoms with Crippen molar-refractivity contribution in [2.24, 2.45) is 11.8 Å². The minimum atomic E-state index is -4.66. The van der Waals surface area contributed by atoms with Gasteiger partial charge in [-0.25, -0.2) is 4.39 Å². The number of aryl methyl sites for hydroxylation is 1. The second kappa shape index (κ2) is 9.28. The van der Waals surface area contributed by atoms with Crippen molar-refractivity contribution in [1.29, 1.82) is 0 Å². The Labute approximate surface area is 165 Å². The van der Waals surface area contributed by atoms with Crippen LogP contribution >= 0.6 is 0 Å². The van der Waals surface area contributed by atoms with E-state index in [2.05, 4.69) is 6.92 Å². The summed E-state index contributed by atoms with van der Waals surface area (Å²) in [6, 6.07) is 7.35. The lowest BCUT2D eigenvalue weighted by Crippen LogP contribution is -2.15. The number of hydrogen-bond acceptors (Lipinski definition) is 0. The fourth-order valence-corrected chi connectivity index (χ4v) is 4.58. The monoisotopic (exact) mass is 394 g/mol. The SMILES string of the molecule is CCCCCC1CCC(CCc2ccc3c(F)c(C(F)(F)F)ccc3c2)CC1. The van der Waals surface area contributed by atoms with Crippen LogP contribution in [-0.4, -0.2) is 0 Å². The highest BCUT2D eigenvalue weighted by molar-refractivity contribution is 5.84. The molecule has 0 radical (unpaired) electrons. The Bertz CT molecular complexity index is 770. The Morgan fingerprint density at radius 1 is 0.893 bits per heavy atom. The van der Waals surface area contributed by atoms with E-state index in [1.165, 1.54) is 63.5 Å². The lowest BCUT2D eigenvalue weighted by atomic mass is 9.77.